The average molecular weight is 442 g/mol. The van der Waals surface area contributed by atoms with Crippen molar-refractivity contribution in [2.24, 2.45) is 5.41 Å². The van der Waals surface area contributed by atoms with Crippen molar-refractivity contribution in [1.82, 2.24) is 19.7 Å². The summed E-state index contributed by atoms with van der Waals surface area (Å²) in [6, 6.07) is 6.26. The molecular weight excluding hydrogens is 406 g/mol. The van der Waals surface area contributed by atoms with Crippen LogP contribution in [0.5, 0.6) is 0 Å². The number of hydrogen-bond acceptors (Lipinski definition) is 5. The van der Waals surface area contributed by atoms with Gasteiger partial charge in [0.1, 0.15) is 5.82 Å². The summed E-state index contributed by atoms with van der Waals surface area (Å²) in [5.41, 5.74) is -0.403. The fourth-order valence-electron chi connectivity index (χ4n) is 6.11. The molecule has 1 saturated carbocycles. The number of nitrogens with zero attached hydrogens (tertiary/aromatic N) is 5. The van der Waals surface area contributed by atoms with Crippen molar-refractivity contribution in [3.8, 4) is 0 Å². The molecule has 32 heavy (non-hydrogen) atoms. The highest BCUT2D eigenvalue weighted by atomic mass is 16.3. The van der Waals surface area contributed by atoms with Crippen LogP contribution in [0.3, 0.4) is 0 Å². The van der Waals surface area contributed by atoms with Crippen LogP contribution < -0.4 is 4.90 Å². The summed E-state index contributed by atoms with van der Waals surface area (Å²) in [6.45, 7) is 5.02. The van der Waals surface area contributed by atoms with Gasteiger partial charge in [-0.3, -0.25) is 4.79 Å². The molecule has 1 spiro atoms. The van der Waals surface area contributed by atoms with Crippen molar-refractivity contribution < 1.29 is 14.7 Å². The molecule has 8 heteroatoms. The molecule has 1 N–H and O–H groups in total. The number of carbonyl (C=O) groups is 2. The molecule has 1 aromatic heterocycles. The fraction of sp³-hybridized carbons (Fsp3) is 0.708. The Bertz CT molecular complexity index is 820. The molecule has 3 amide bonds. The Hall–Kier alpha value is -2.35. The lowest BCUT2D eigenvalue weighted by molar-refractivity contribution is -0.141. The first-order chi connectivity index (χ1) is 15.6. The van der Waals surface area contributed by atoms with E-state index in [2.05, 4.69) is 14.8 Å². The molecule has 1 aliphatic carbocycles. The van der Waals surface area contributed by atoms with Gasteiger partial charge < -0.3 is 24.7 Å². The van der Waals surface area contributed by atoms with E-state index in [-0.39, 0.29) is 24.1 Å². The Kier molecular flexibility index (Phi) is 5.97. The molecule has 4 aliphatic rings. The minimum atomic E-state index is -0.403. The predicted molar refractivity (Wildman–Crippen MR) is 121 cm³/mol. The number of carbonyl (C=O) groups excluding carboxylic acids is 2. The van der Waals surface area contributed by atoms with Crippen LogP contribution in [0.15, 0.2) is 24.4 Å². The van der Waals surface area contributed by atoms with Gasteiger partial charge in [0.05, 0.1) is 11.5 Å². The summed E-state index contributed by atoms with van der Waals surface area (Å²) >= 11 is 0. The van der Waals surface area contributed by atoms with Gasteiger partial charge in [-0.1, -0.05) is 6.07 Å². The largest absolute Gasteiger partial charge is 0.393 e. The second-order valence-electron chi connectivity index (χ2n) is 9.96. The molecule has 0 bridgehead atoms. The molecule has 4 fully saturated rings. The number of aromatic nitrogens is 1. The Morgan fingerprint density at radius 2 is 1.75 bits per heavy atom. The number of likely N-dealkylation sites (tertiary alicyclic amines) is 2. The molecule has 4 heterocycles. The summed E-state index contributed by atoms with van der Waals surface area (Å²) in [4.78, 5) is 39.4. The first-order valence-electron chi connectivity index (χ1n) is 12.2. The minimum Gasteiger partial charge on any atom is -0.393 e. The van der Waals surface area contributed by atoms with Gasteiger partial charge in [-0.15, -0.1) is 0 Å². The molecule has 0 aromatic carbocycles. The SMILES string of the molecule is O=C(N1CCN(c2ccccn2)CC1)N1CCCC2(CCN(C3CCC(O)CC3)C2=O)C1. The average Bonchev–Trinajstić information content (AvgIpc) is 3.15. The zero-order chi connectivity index (χ0) is 22.1. The third-order valence-electron chi connectivity index (χ3n) is 8.02. The number of pyridine rings is 1. The van der Waals surface area contributed by atoms with Crippen molar-refractivity contribution in [3.63, 3.8) is 0 Å². The van der Waals surface area contributed by atoms with Gasteiger partial charge in [0.15, 0.2) is 0 Å². The van der Waals surface area contributed by atoms with Gasteiger partial charge in [-0.05, 0) is 57.1 Å². The van der Waals surface area contributed by atoms with Crippen LogP contribution in [-0.2, 0) is 4.79 Å². The molecule has 174 valence electrons. The Morgan fingerprint density at radius 3 is 2.47 bits per heavy atom. The smallest absolute Gasteiger partial charge is 0.320 e. The number of piperazine rings is 1. The predicted octanol–water partition coefficient (Wildman–Crippen LogP) is 1.94. The number of urea groups is 1. The molecule has 8 nitrogen and oxygen atoms in total. The van der Waals surface area contributed by atoms with Crippen molar-refractivity contribution in [2.45, 2.75) is 57.1 Å². The quantitative estimate of drug-likeness (QED) is 0.759. The third kappa shape index (κ3) is 4.05. The van der Waals surface area contributed by atoms with E-state index in [1.807, 2.05) is 28.0 Å². The minimum absolute atomic E-state index is 0.0804. The maximum absolute atomic E-state index is 13.5. The first-order valence-corrected chi connectivity index (χ1v) is 12.2. The number of aliphatic hydroxyl groups excluding tert-OH is 1. The number of piperidine rings is 1. The van der Waals surface area contributed by atoms with E-state index in [1.165, 1.54) is 0 Å². The highest BCUT2D eigenvalue weighted by molar-refractivity contribution is 5.86. The van der Waals surface area contributed by atoms with E-state index >= 15 is 0 Å². The van der Waals surface area contributed by atoms with Crippen LogP contribution in [-0.4, -0.2) is 94.7 Å². The molecule has 1 atom stereocenters. The topological polar surface area (TPSA) is 80.2 Å². The van der Waals surface area contributed by atoms with Crippen LogP contribution in [0.1, 0.15) is 44.9 Å². The van der Waals surface area contributed by atoms with E-state index in [0.29, 0.717) is 19.6 Å². The van der Waals surface area contributed by atoms with Crippen molar-refractivity contribution >= 4 is 17.8 Å². The van der Waals surface area contributed by atoms with E-state index in [1.54, 1.807) is 6.20 Å². The molecule has 5 rings (SSSR count). The zero-order valence-electron chi connectivity index (χ0n) is 18.9. The summed E-state index contributed by atoms with van der Waals surface area (Å²) in [5, 5.41) is 9.82. The lowest BCUT2D eigenvalue weighted by atomic mass is 9.78. The summed E-state index contributed by atoms with van der Waals surface area (Å²) in [5.74, 6) is 1.21. The normalized spacial score (nSPS) is 31.5. The number of amides is 3. The van der Waals surface area contributed by atoms with Crippen LogP contribution in [0, 0.1) is 5.41 Å². The van der Waals surface area contributed by atoms with Gasteiger partial charge in [-0.25, -0.2) is 9.78 Å². The van der Waals surface area contributed by atoms with Crippen LogP contribution in [0.25, 0.3) is 0 Å². The standard InChI is InChI=1S/C24H35N5O3/c30-20-7-5-19(6-8-20)29-13-10-24(22(29)31)9-3-12-28(18-24)23(32)27-16-14-26(15-17-27)21-4-1-2-11-25-21/h1-2,4,11,19-20,30H,3,5-10,12-18H2. The van der Waals surface area contributed by atoms with Crippen LogP contribution >= 0.6 is 0 Å². The van der Waals surface area contributed by atoms with Crippen molar-refractivity contribution in [2.75, 3.05) is 50.7 Å². The Balaban J connectivity index is 1.19. The van der Waals surface area contributed by atoms with E-state index < -0.39 is 5.41 Å². The molecule has 0 radical (unpaired) electrons. The van der Waals surface area contributed by atoms with E-state index in [0.717, 1.165) is 76.9 Å². The number of aliphatic hydroxyl groups is 1. The molecule has 1 aromatic rings. The number of anilines is 1. The van der Waals surface area contributed by atoms with Gasteiger partial charge >= 0.3 is 6.03 Å². The lowest BCUT2D eigenvalue weighted by Gasteiger charge is -2.43. The van der Waals surface area contributed by atoms with Crippen molar-refractivity contribution in [1.29, 1.82) is 0 Å². The lowest BCUT2D eigenvalue weighted by Crippen LogP contribution is -2.57. The summed E-state index contributed by atoms with van der Waals surface area (Å²) in [7, 11) is 0. The second-order valence-corrected chi connectivity index (χ2v) is 9.96. The highest BCUT2D eigenvalue weighted by Gasteiger charge is 2.51. The molecule has 3 saturated heterocycles. The Morgan fingerprint density at radius 1 is 0.969 bits per heavy atom. The van der Waals surface area contributed by atoms with Crippen molar-refractivity contribution in [3.05, 3.63) is 24.4 Å². The number of rotatable bonds is 2. The van der Waals surface area contributed by atoms with Gasteiger partial charge in [0.2, 0.25) is 5.91 Å². The molecule has 1 unspecified atom stereocenters. The maximum Gasteiger partial charge on any atom is 0.320 e. The third-order valence-corrected chi connectivity index (χ3v) is 8.02. The first kappa shape index (κ1) is 21.5. The highest BCUT2D eigenvalue weighted by Crippen LogP contribution is 2.42. The zero-order valence-corrected chi connectivity index (χ0v) is 18.9. The maximum atomic E-state index is 13.5. The van der Waals surface area contributed by atoms with Gasteiger partial charge in [0.25, 0.3) is 0 Å². The van der Waals surface area contributed by atoms with Gasteiger partial charge in [-0.2, -0.15) is 0 Å². The van der Waals surface area contributed by atoms with Crippen LogP contribution in [0.2, 0.25) is 0 Å². The number of hydrogen-bond donors (Lipinski definition) is 1. The monoisotopic (exact) mass is 441 g/mol. The summed E-state index contributed by atoms with van der Waals surface area (Å²) < 4.78 is 0. The second kappa shape index (κ2) is 8.89. The van der Waals surface area contributed by atoms with Gasteiger partial charge in [0, 0.05) is 58.1 Å². The van der Waals surface area contributed by atoms with E-state index in [4.69, 9.17) is 0 Å². The van der Waals surface area contributed by atoms with E-state index in [9.17, 15) is 14.7 Å². The van der Waals surface area contributed by atoms with Crippen LogP contribution in [0.4, 0.5) is 10.6 Å². The Labute approximate surface area is 190 Å². The molecule has 3 aliphatic heterocycles. The summed E-state index contributed by atoms with van der Waals surface area (Å²) in [6.07, 6.45) is 7.58. The fourth-order valence-corrected chi connectivity index (χ4v) is 6.11. The molecular formula is C24H35N5O3.